The molecular weight excluding hydrogens is 278 g/mol. The fourth-order valence-corrected chi connectivity index (χ4v) is 3.26. The van der Waals surface area contributed by atoms with Gasteiger partial charge in [0.05, 0.1) is 0 Å². The number of anilines is 1. The Labute approximate surface area is 111 Å². The van der Waals surface area contributed by atoms with Crippen molar-refractivity contribution < 1.29 is 0 Å². The Hall–Kier alpha value is -0.580. The zero-order valence-corrected chi connectivity index (χ0v) is 11.5. The Balaban J connectivity index is 1.63. The zero-order chi connectivity index (χ0) is 11.7. The van der Waals surface area contributed by atoms with E-state index in [0.29, 0.717) is 6.04 Å². The second kappa shape index (κ2) is 4.96. The summed E-state index contributed by atoms with van der Waals surface area (Å²) in [6.45, 7) is 5.76. The summed E-state index contributed by atoms with van der Waals surface area (Å²) in [5.74, 6) is 0. The van der Waals surface area contributed by atoms with Crippen molar-refractivity contribution >= 4 is 21.6 Å². The maximum atomic E-state index is 3.64. The van der Waals surface area contributed by atoms with E-state index in [1.165, 1.54) is 28.8 Å². The molecule has 2 aliphatic heterocycles. The van der Waals surface area contributed by atoms with Crippen molar-refractivity contribution in [2.24, 2.45) is 0 Å². The summed E-state index contributed by atoms with van der Waals surface area (Å²) in [6, 6.07) is 6.98. The van der Waals surface area contributed by atoms with Gasteiger partial charge in [-0.25, -0.2) is 0 Å². The Kier molecular flexibility index (Phi) is 3.36. The van der Waals surface area contributed by atoms with Crippen LogP contribution < -0.4 is 10.6 Å². The van der Waals surface area contributed by atoms with Crippen LogP contribution in [0.4, 0.5) is 5.69 Å². The molecule has 3 nitrogen and oxygen atoms in total. The third kappa shape index (κ3) is 2.49. The highest BCUT2D eigenvalue weighted by Crippen LogP contribution is 2.32. The zero-order valence-electron chi connectivity index (χ0n) is 9.88. The van der Waals surface area contributed by atoms with Gasteiger partial charge < -0.3 is 10.6 Å². The van der Waals surface area contributed by atoms with Gasteiger partial charge in [0.15, 0.2) is 0 Å². The van der Waals surface area contributed by atoms with Crippen LogP contribution in [0.1, 0.15) is 5.56 Å². The molecule has 3 rings (SSSR count). The van der Waals surface area contributed by atoms with E-state index in [2.05, 4.69) is 49.7 Å². The first-order chi connectivity index (χ1) is 8.33. The molecular formula is C13H18BrN3. The SMILES string of the molecule is Brc1cccc2c1CC(CN1CCNCC1)N2. The molecule has 1 atom stereocenters. The van der Waals surface area contributed by atoms with E-state index in [1.807, 2.05) is 0 Å². The van der Waals surface area contributed by atoms with Crippen LogP contribution in [0, 0.1) is 0 Å². The molecule has 0 saturated carbocycles. The van der Waals surface area contributed by atoms with E-state index < -0.39 is 0 Å². The molecule has 0 spiro atoms. The van der Waals surface area contributed by atoms with Gasteiger partial charge in [0.1, 0.15) is 0 Å². The molecule has 4 heteroatoms. The highest BCUT2D eigenvalue weighted by molar-refractivity contribution is 9.10. The highest BCUT2D eigenvalue weighted by atomic mass is 79.9. The summed E-state index contributed by atoms with van der Waals surface area (Å²) >= 11 is 3.64. The number of benzene rings is 1. The van der Waals surface area contributed by atoms with E-state index in [9.17, 15) is 0 Å². The molecule has 17 heavy (non-hydrogen) atoms. The number of piperazine rings is 1. The molecule has 1 fully saturated rings. The first kappa shape index (κ1) is 11.5. The van der Waals surface area contributed by atoms with Gasteiger partial charge in [-0.2, -0.15) is 0 Å². The van der Waals surface area contributed by atoms with Gasteiger partial charge in [0, 0.05) is 48.9 Å². The summed E-state index contributed by atoms with van der Waals surface area (Å²) in [6.07, 6.45) is 1.14. The molecule has 1 aromatic carbocycles. The summed E-state index contributed by atoms with van der Waals surface area (Å²) in [5.41, 5.74) is 2.74. The first-order valence-electron chi connectivity index (χ1n) is 6.30. The summed E-state index contributed by atoms with van der Waals surface area (Å²) in [5, 5.41) is 7.03. The predicted octanol–water partition coefficient (Wildman–Crippen LogP) is 1.69. The molecule has 0 radical (unpaired) electrons. The molecule has 2 heterocycles. The Morgan fingerprint density at radius 2 is 2.12 bits per heavy atom. The summed E-state index contributed by atoms with van der Waals surface area (Å²) in [4.78, 5) is 2.55. The second-order valence-corrected chi connectivity index (χ2v) is 5.72. The van der Waals surface area contributed by atoms with Crippen molar-refractivity contribution in [1.82, 2.24) is 10.2 Å². The van der Waals surface area contributed by atoms with Gasteiger partial charge in [0.25, 0.3) is 0 Å². The van der Waals surface area contributed by atoms with Crippen molar-refractivity contribution in [3.05, 3.63) is 28.2 Å². The van der Waals surface area contributed by atoms with Crippen LogP contribution in [0.15, 0.2) is 22.7 Å². The normalized spacial score (nSPS) is 24.4. The molecule has 0 bridgehead atoms. The van der Waals surface area contributed by atoms with Gasteiger partial charge in [-0.3, -0.25) is 4.90 Å². The number of hydrogen-bond acceptors (Lipinski definition) is 3. The standard InChI is InChI=1S/C13H18BrN3/c14-12-2-1-3-13-11(12)8-10(16-13)9-17-6-4-15-5-7-17/h1-3,10,15-16H,4-9H2. The Bertz CT molecular complexity index is 402. The average molecular weight is 296 g/mol. The topological polar surface area (TPSA) is 27.3 Å². The minimum atomic E-state index is 0.571. The molecule has 1 saturated heterocycles. The maximum Gasteiger partial charge on any atom is 0.0430 e. The third-order valence-electron chi connectivity index (χ3n) is 3.62. The monoisotopic (exact) mass is 295 g/mol. The molecule has 1 unspecified atom stereocenters. The van der Waals surface area contributed by atoms with Crippen molar-refractivity contribution in [1.29, 1.82) is 0 Å². The smallest absolute Gasteiger partial charge is 0.0430 e. The van der Waals surface area contributed by atoms with E-state index in [0.717, 1.165) is 26.1 Å². The first-order valence-corrected chi connectivity index (χ1v) is 7.09. The van der Waals surface area contributed by atoms with Gasteiger partial charge in [-0.15, -0.1) is 0 Å². The summed E-state index contributed by atoms with van der Waals surface area (Å²) < 4.78 is 1.24. The van der Waals surface area contributed by atoms with Gasteiger partial charge >= 0.3 is 0 Å². The average Bonchev–Trinajstić information content (AvgIpc) is 2.74. The fourth-order valence-electron chi connectivity index (χ4n) is 2.73. The highest BCUT2D eigenvalue weighted by Gasteiger charge is 2.24. The quantitative estimate of drug-likeness (QED) is 0.870. The molecule has 0 aliphatic carbocycles. The van der Waals surface area contributed by atoms with E-state index in [4.69, 9.17) is 0 Å². The molecule has 2 aliphatic rings. The molecule has 0 aromatic heterocycles. The molecule has 92 valence electrons. The lowest BCUT2D eigenvalue weighted by atomic mass is 10.1. The Morgan fingerprint density at radius 1 is 1.29 bits per heavy atom. The Morgan fingerprint density at radius 3 is 2.88 bits per heavy atom. The lowest BCUT2D eigenvalue weighted by Gasteiger charge is -2.29. The predicted molar refractivity (Wildman–Crippen MR) is 74.6 cm³/mol. The van der Waals surface area contributed by atoms with Crippen molar-refractivity contribution in [2.75, 3.05) is 38.0 Å². The largest absolute Gasteiger partial charge is 0.380 e. The van der Waals surface area contributed by atoms with Crippen molar-refractivity contribution in [3.63, 3.8) is 0 Å². The third-order valence-corrected chi connectivity index (χ3v) is 4.36. The van der Waals surface area contributed by atoms with Crippen LogP contribution in [0.25, 0.3) is 0 Å². The van der Waals surface area contributed by atoms with Crippen LogP contribution in [0.2, 0.25) is 0 Å². The number of halogens is 1. The van der Waals surface area contributed by atoms with E-state index in [-0.39, 0.29) is 0 Å². The van der Waals surface area contributed by atoms with Crippen LogP contribution >= 0.6 is 15.9 Å². The molecule has 0 amide bonds. The maximum absolute atomic E-state index is 3.64. The molecule has 1 aromatic rings. The van der Waals surface area contributed by atoms with Crippen molar-refractivity contribution in [2.45, 2.75) is 12.5 Å². The van der Waals surface area contributed by atoms with Gasteiger partial charge in [-0.05, 0) is 24.1 Å². The van der Waals surface area contributed by atoms with Crippen LogP contribution in [0.3, 0.4) is 0 Å². The number of nitrogens with one attached hydrogen (secondary N) is 2. The number of nitrogens with zero attached hydrogens (tertiary/aromatic N) is 1. The van der Waals surface area contributed by atoms with Gasteiger partial charge in [-0.1, -0.05) is 22.0 Å². The van der Waals surface area contributed by atoms with E-state index in [1.54, 1.807) is 0 Å². The number of rotatable bonds is 2. The molecule has 2 N–H and O–H groups in total. The van der Waals surface area contributed by atoms with E-state index >= 15 is 0 Å². The minimum Gasteiger partial charge on any atom is -0.380 e. The lowest BCUT2D eigenvalue weighted by molar-refractivity contribution is 0.233. The van der Waals surface area contributed by atoms with Gasteiger partial charge in [0.2, 0.25) is 0 Å². The number of fused-ring (bicyclic) bond motifs is 1. The fraction of sp³-hybridized carbons (Fsp3) is 0.538. The van der Waals surface area contributed by atoms with Crippen LogP contribution in [-0.4, -0.2) is 43.7 Å². The minimum absolute atomic E-state index is 0.571. The van der Waals surface area contributed by atoms with Crippen LogP contribution in [-0.2, 0) is 6.42 Å². The van der Waals surface area contributed by atoms with Crippen LogP contribution in [0.5, 0.6) is 0 Å². The summed E-state index contributed by atoms with van der Waals surface area (Å²) in [7, 11) is 0. The number of hydrogen-bond donors (Lipinski definition) is 2. The lowest BCUT2D eigenvalue weighted by Crippen LogP contribution is -2.47. The van der Waals surface area contributed by atoms with Crippen molar-refractivity contribution in [3.8, 4) is 0 Å². The second-order valence-electron chi connectivity index (χ2n) is 4.86.